The molecule has 0 bridgehead atoms. The van der Waals surface area contributed by atoms with E-state index in [1.807, 2.05) is 7.05 Å². The van der Waals surface area contributed by atoms with Gasteiger partial charge in [-0.15, -0.1) is 0 Å². The molecular formula is C12H18ClFN2. The Hall–Kier alpha value is -0.640. The van der Waals surface area contributed by atoms with Gasteiger partial charge in [0.2, 0.25) is 0 Å². The summed E-state index contributed by atoms with van der Waals surface area (Å²) in [5.41, 5.74) is 6.56. The van der Waals surface area contributed by atoms with E-state index in [1.165, 1.54) is 12.1 Å². The summed E-state index contributed by atoms with van der Waals surface area (Å²) in [6, 6.07) is 4.89. The Morgan fingerprint density at radius 1 is 1.38 bits per heavy atom. The van der Waals surface area contributed by atoms with E-state index in [0.29, 0.717) is 17.6 Å². The second kappa shape index (κ2) is 5.62. The normalized spacial score (nSPS) is 13.5. The van der Waals surface area contributed by atoms with Crippen molar-refractivity contribution >= 4 is 11.6 Å². The number of benzene rings is 1. The van der Waals surface area contributed by atoms with Crippen molar-refractivity contribution in [3.05, 3.63) is 34.6 Å². The molecule has 0 saturated heterocycles. The molecule has 4 heteroatoms. The van der Waals surface area contributed by atoms with E-state index >= 15 is 0 Å². The quantitative estimate of drug-likeness (QED) is 0.883. The van der Waals surface area contributed by atoms with Crippen molar-refractivity contribution in [3.8, 4) is 0 Å². The molecule has 0 aliphatic carbocycles. The van der Waals surface area contributed by atoms with Gasteiger partial charge >= 0.3 is 0 Å². The van der Waals surface area contributed by atoms with Crippen LogP contribution in [0.1, 0.15) is 25.5 Å². The monoisotopic (exact) mass is 244 g/mol. The fourth-order valence-corrected chi connectivity index (χ4v) is 1.90. The summed E-state index contributed by atoms with van der Waals surface area (Å²) >= 11 is 5.84. The molecule has 2 nitrogen and oxygen atoms in total. The van der Waals surface area contributed by atoms with Gasteiger partial charge in [-0.05, 0) is 44.7 Å². The third-order valence-electron chi connectivity index (χ3n) is 2.80. The molecule has 0 aliphatic rings. The van der Waals surface area contributed by atoms with Gasteiger partial charge in [0, 0.05) is 23.7 Å². The van der Waals surface area contributed by atoms with Crippen molar-refractivity contribution < 1.29 is 4.39 Å². The van der Waals surface area contributed by atoms with Gasteiger partial charge in [-0.3, -0.25) is 4.90 Å². The van der Waals surface area contributed by atoms with Crippen LogP contribution in [0.25, 0.3) is 0 Å². The Morgan fingerprint density at radius 2 is 2.00 bits per heavy atom. The Bertz CT molecular complexity index is 335. The maximum absolute atomic E-state index is 13.2. The Kier molecular flexibility index (Phi) is 4.71. The molecule has 1 rings (SSSR count). The summed E-state index contributed by atoms with van der Waals surface area (Å²) < 4.78 is 13.2. The number of likely N-dealkylation sites (N-methyl/N-ethyl adjacent to an activating group) is 1. The van der Waals surface area contributed by atoms with Crippen LogP contribution in [0.4, 0.5) is 4.39 Å². The largest absolute Gasteiger partial charge is 0.329 e. The molecule has 0 saturated carbocycles. The topological polar surface area (TPSA) is 29.3 Å². The molecule has 0 spiro atoms. The maximum Gasteiger partial charge on any atom is 0.125 e. The summed E-state index contributed by atoms with van der Waals surface area (Å²) in [6.45, 7) is 4.58. The van der Waals surface area contributed by atoms with Gasteiger partial charge < -0.3 is 5.73 Å². The number of nitrogens with two attached hydrogens (primary N) is 1. The summed E-state index contributed by atoms with van der Waals surface area (Å²) in [7, 11) is 1.97. The highest BCUT2D eigenvalue weighted by atomic mass is 35.5. The highest BCUT2D eigenvalue weighted by Crippen LogP contribution is 2.24. The number of halogens is 2. The van der Waals surface area contributed by atoms with Crippen molar-refractivity contribution in [2.45, 2.75) is 25.9 Å². The lowest BCUT2D eigenvalue weighted by molar-refractivity contribution is 0.201. The van der Waals surface area contributed by atoms with E-state index in [2.05, 4.69) is 18.7 Å². The van der Waals surface area contributed by atoms with E-state index in [-0.39, 0.29) is 11.9 Å². The second-order valence-electron chi connectivity index (χ2n) is 4.21. The van der Waals surface area contributed by atoms with E-state index in [0.717, 1.165) is 5.56 Å². The molecular weight excluding hydrogens is 227 g/mol. The Balaban J connectivity index is 3.03. The van der Waals surface area contributed by atoms with Crippen LogP contribution < -0.4 is 5.73 Å². The van der Waals surface area contributed by atoms with Gasteiger partial charge in [0.05, 0.1) is 0 Å². The standard InChI is InChI=1S/C12H18ClFN2/c1-8(2)16(3)12(7-15)9-4-10(13)6-11(14)5-9/h4-6,8,12H,7,15H2,1-3H3. The third kappa shape index (κ3) is 3.17. The molecule has 1 aromatic rings. The van der Waals surface area contributed by atoms with E-state index in [9.17, 15) is 4.39 Å². The predicted molar refractivity (Wildman–Crippen MR) is 66.1 cm³/mol. The minimum Gasteiger partial charge on any atom is -0.329 e. The van der Waals surface area contributed by atoms with Gasteiger partial charge in [0.25, 0.3) is 0 Å². The minimum absolute atomic E-state index is 0.00630. The molecule has 0 aromatic heterocycles. The Morgan fingerprint density at radius 3 is 2.44 bits per heavy atom. The summed E-state index contributed by atoms with van der Waals surface area (Å²) in [5.74, 6) is -0.321. The van der Waals surface area contributed by atoms with Gasteiger partial charge in [-0.1, -0.05) is 11.6 Å². The first-order valence-electron chi connectivity index (χ1n) is 5.33. The first-order chi connectivity index (χ1) is 7.45. The molecule has 2 N–H and O–H groups in total. The maximum atomic E-state index is 13.2. The zero-order valence-corrected chi connectivity index (χ0v) is 10.6. The number of hydrogen-bond acceptors (Lipinski definition) is 2. The smallest absolute Gasteiger partial charge is 0.125 e. The van der Waals surface area contributed by atoms with E-state index in [4.69, 9.17) is 17.3 Å². The molecule has 16 heavy (non-hydrogen) atoms. The molecule has 1 atom stereocenters. The SMILES string of the molecule is CC(C)N(C)C(CN)c1cc(F)cc(Cl)c1. The summed E-state index contributed by atoms with van der Waals surface area (Å²) in [5, 5.41) is 0.408. The number of hydrogen-bond donors (Lipinski definition) is 1. The highest BCUT2D eigenvalue weighted by Gasteiger charge is 2.18. The van der Waals surface area contributed by atoms with Crippen molar-refractivity contribution in [3.63, 3.8) is 0 Å². The van der Waals surface area contributed by atoms with Crippen molar-refractivity contribution in [2.24, 2.45) is 5.73 Å². The third-order valence-corrected chi connectivity index (χ3v) is 3.02. The van der Waals surface area contributed by atoms with Crippen molar-refractivity contribution in [2.75, 3.05) is 13.6 Å². The molecule has 0 fully saturated rings. The zero-order chi connectivity index (χ0) is 12.3. The lowest BCUT2D eigenvalue weighted by Gasteiger charge is -2.30. The van der Waals surface area contributed by atoms with Crippen LogP contribution in [-0.2, 0) is 0 Å². The first kappa shape index (κ1) is 13.4. The number of rotatable bonds is 4. The fourth-order valence-electron chi connectivity index (χ4n) is 1.66. The minimum atomic E-state index is -0.321. The van der Waals surface area contributed by atoms with Crippen LogP contribution in [-0.4, -0.2) is 24.5 Å². The molecule has 0 aliphatic heterocycles. The summed E-state index contributed by atoms with van der Waals surface area (Å²) in [6.07, 6.45) is 0. The first-order valence-corrected chi connectivity index (χ1v) is 5.71. The molecule has 90 valence electrons. The number of nitrogens with zero attached hydrogens (tertiary/aromatic N) is 1. The lowest BCUT2D eigenvalue weighted by atomic mass is 10.0. The van der Waals surface area contributed by atoms with Crippen LogP contribution in [0.2, 0.25) is 5.02 Å². The van der Waals surface area contributed by atoms with Gasteiger partial charge in [-0.25, -0.2) is 4.39 Å². The second-order valence-corrected chi connectivity index (χ2v) is 4.65. The predicted octanol–water partition coefficient (Wildman–Crippen LogP) is 2.82. The van der Waals surface area contributed by atoms with Crippen LogP contribution in [0.3, 0.4) is 0 Å². The summed E-state index contributed by atoms with van der Waals surface area (Å²) in [4.78, 5) is 2.10. The van der Waals surface area contributed by atoms with Gasteiger partial charge in [-0.2, -0.15) is 0 Å². The fraction of sp³-hybridized carbons (Fsp3) is 0.500. The van der Waals surface area contributed by atoms with Gasteiger partial charge in [0.15, 0.2) is 0 Å². The van der Waals surface area contributed by atoms with Crippen molar-refractivity contribution in [1.82, 2.24) is 4.90 Å². The van der Waals surface area contributed by atoms with Crippen LogP contribution in [0, 0.1) is 5.82 Å². The van der Waals surface area contributed by atoms with Crippen LogP contribution in [0.5, 0.6) is 0 Å². The van der Waals surface area contributed by atoms with Crippen LogP contribution in [0.15, 0.2) is 18.2 Å². The van der Waals surface area contributed by atoms with E-state index in [1.54, 1.807) is 6.07 Å². The lowest BCUT2D eigenvalue weighted by Crippen LogP contribution is -2.35. The Labute approximate surface area is 101 Å². The zero-order valence-electron chi connectivity index (χ0n) is 9.87. The van der Waals surface area contributed by atoms with E-state index < -0.39 is 0 Å². The van der Waals surface area contributed by atoms with Gasteiger partial charge in [0.1, 0.15) is 5.82 Å². The average molecular weight is 245 g/mol. The van der Waals surface area contributed by atoms with Crippen molar-refractivity contribution in [1.29, 1.82) is 0 Å². The average Bonchev–Trinajstić information content (AvgIpc) is 2.16. The molecule has 0 radical (unpaired) electrons. The van der Waals surface area contributed by atoms with Crippen LogP contribution >= 0.6 is 11.6 Å². The highest BCUT2D eigenvalue weighted by molar-refractivity contribution is 6.30. The molecule has 1 aromatic carbocycles. The molecule has 1 unspecified atom stereocenters. The molecule has 0 amide bonds. The molecule has 0 heterocycles.